The SMILES string of the molecule is COc1ccc(C2(CN3C(=O)N[C@@H](CC(C)C)C3=O)CC2)cc1. The first-order valence-electron chi connectivity index (χ1n) is 8.21. The fourth-order valence-corrected chi connectivity index (χ4v) is 3.29. The number of imide groups is 1. The van der Waals surface area contributed by atoms with Crippen molar-refractivity contribution < 1.29 is 14.3 Å². The fourth-order valence-electron chi connectivity index (χ4n) is 3.29. The minimum atomic E-state index is -0.367. The zero-order valence-electron chi connectivity index (χ0n) is 14.0. The Morgan fingerprint density at radius 3 is 2.43 bits per heavy atom. The molecule has 1 saturated heterocycles. The largest absolute Gasteiger partial charge is 0.497 e. The lowest BCUT2D eigenvalue weighted by molar-refractivity contribution is -0.128. The molecule has 0 bridgehead atoms. The average Bonchev–Trinajstić information content (AvgIpc) is 3.27. The summed E-state index contributed by atoms with van der Waals surface area (Å²) in [7, 11) is 1.64. The van der Waals surface area contributed by atoms with Gasteiger partial charge in [-0.3, -0.25) is 9.69 Å². The van der Waals surface area contributed by atoms with Crippen molar-refractivity contribution in [1.82, 2.24) is 10.2 Å². The van der Waals surface area contributed by atoms with E-state index in [9.17, 15) is 9.59 Å². The van der Waals surface area contributed by atoms with E-state index in [0.29, 0.717) is 18.9 Å². The molecule has 23 heavy (non-hydrogen) atoms. The van der Waals surface area contributed by atoms with Crippen molar-refractivity contribution in [3.8, 4) is 5.75 Å². The molecule has 1 aromatic rings. The summed E-state index contributed by atoms with van der Waals surface area (Å²) in [6, 6.07) is 7.33. The summed E-state index contributed by atoms with van der Waals surface area (Å²) >= 11 is 0. The highest BCUT2D eigenvalue weighted by atomic mass is 16.5. The van der Waals surface area contributed by atoms with Gasteiger partial charge in [0.1, 0.15) is 11.8 Å². The Morgan fingerprint density at radius 2 is 1.91 bits per heavy atom. The number of hydrogen-bond acceptors (Lipinski definition) is 3. The molecule has 3 rings (SSSR count). The summed E-state index contributed by atoms with van der Waals surface area (Å²) in [5, 5.41) is 2.82. The van der Waals surface area contributed by atoms with Crippen LogP contribution in [0.2, 0.25) is 0 Å². The maximum Gasteiger partial charge on any atom is 0.324 e. The van der Waals surface area contributed by atoms with Gasteiger partial charge < -0.3 is 10.1 Å². The summed E-state index contributed by atoms with van der Waals surface area (Å²) in [6.07, 6.45) is 2.70. The van der Waals surface area contributed by atoms with Crippen LogP contribution in [-0.2, 0) is 10.2 Å². The number of methoxy groups -OCH3 is 1. The molecule has 0 aromatic heterocycles. The van der Waals surface area contributed by atoms with Crippen LogP contribution in [0.25, 0.3) is 0 Å². The van der Waals surface area contributed by atoms with Gasteiger partial charge in [-0.1, -0.05) is 26.0 Å². The summed E-state index contributed by atoms with van der Waals surface area (Å²) in [6.45, 7) is 4.59. The van der Waals surface area contributed by atoms with Crippen LogP contribution in [0.15, 0.2) is 24.3 Å². The van der Waals surface area contributed by atoms with Crippen LogP contribution >= 0.6 is 0 Å². The molecule has 5 nitrogen and oxygen atoms in total. The van der Waals surface area contributed by atoms with Crippen LogP contribution in [0.4, 0.5) is 4.79 Å². The Bertz CT molecular complexity index is 605. The number of carbonyl (C=O) groups is 2. The number of hydrogen-bond donors (Lipinski definition) is 1. The van der Waals surface area contributed by atoms with Crippen molar-refractivity contribution in [2.75, 3.05) is 13.7 Å². The van der Waals surface area contributed by atoms with E-state index in [1.165, 1.54) is 10.5 Å². The van der Waals surface area contributed by atoms with Gasteiger partial charge >= 0.3 is 6.03 Å². The second-order valence-electron chi connectivity index (χ2n) is 7.06. The fraction of sp³-hybridized carbons (Fsp3) is 0.556. The number of nitrogens with one attached hydrogen (secondary N) is 1. The number of nitrogens with zero attached hydrogens (tertiary/aromatic N) is 1. The number of urea groups is 1. The van der Waals surface area contributed by atoms with Gasteiger partial charge in [-0.25, -0.2) is 4.79 Å². The molecule has 1 saturated carbocycles. The predicted molar refractivity (Wildman–Crippen MR) is 87.4 cm³/mol. The molecule has 1 aliphatic carbocycles. The predicted octanol–water partition coefficient (Wildman–Crippen LogP) is 2.69. The molecular formula is C18H24N2O3. The van der Waals surface area contributed by atoms with E-state index < -0.39 is 0 Å². The Balaban J connectivity index is 1.73. The van der Waals surface area contributed by atoms with Gasteiger partial charge in [0.25, 0.3) is 5.91 Å². The van der Waals surface area contributed by atoms with E-state index in [-0.39, 0.29) is 23.4 Å². The monoisotopic (exact) mass is 316 g/mol. The molecule has 124 valence electrons. The van der Waals surface area contributed by atoms with Crippen molar-refractivity contribution in [2.45, 2.75) is 44.6 Å². The lowest BCUT2D eigenvalue weighted by atomic mass is 9.95. The van der Waals surface area contributed by atoms with E-state index in [2.05, 4.69) is 19.2 Å². The maximum atomic E-state index is 12.5. The maximum absolute atomic E-state index is 12.5. The van der Waals surface area contributed by atoms with Crippen molar-refractivity contribution in [3.05, 3.63) is 29.8 Å². The van der Waals surface area contributed by atoms with Gasteiger partial charge in [-0.15, -0.1) is 0 Å². The van der Waals surface area contributed by atoms with Crippen molar-refractivity contribution in [1.29, 1.82) is 0 Å². The van der Waals surface area contributed by atoms with E-state index in [1.54, 1.807) is 7.11 Å². The molecule has 3 amide bonds. The third-order valence-corrected chi connectivity index (χ3v) is 4.83. The van der Waals surface area contributed by atoms with Crippen LogP contribution in [0.3, 0.4) is 0 Å². The number of rotatable bonds is 6. The highest BCUT2D eigenvalue weighted by molar-refractivity contribution is 6.04. The Morgan fingerprint density at radius 1 is 1.26 bits per heavy atom. The molecule has 0 unspecified atom stereocenters. The molecule has 0 spiro atoms. The van der Waals surface area contributed by atoms with Gasteiger partial charge in [-0.2, -0.15) is 0 Å². The van der Waals surface area contributed by atoms with E-state index in [1.807, 2.05) is 24.3 Å². The van der Waals surface area contributed by atoms with Crippen LogP contribution in [0, 0.1) is 5.92 Å². The quantitative estimate of drug-likeness (QED) is 0.821. The van der Waals surface area contributed by atoms with Crippen LogP contribution in [0.5, 0.6) is 5.75 Å². The van der Waals surface area contributed by atoms with Crippen molar-refractivity contribution in [2.24, 2.45) is 5.92 Å². The third kappa shape index (κ3) is 3.05. The van der Waals surface area contributed by atoms with Crippen molar-refractivity contribution >= 4 is 11.9 Å². The molecule has 2 aliphatic rings. The summed E-state index contributed by atoms with van der Waals surface area (Å²) < 4.78 is 5.19. The summed E-state index contributed by atoms with van der Waals surface area (Å²) in [5.41, 5.74) is 1.10. The first kappa shape index (κ1) is 15.8. The van der Waals surface area contributed by atoms with Gasteiger partial charge in [0, 0.05) is 12.0 Å². The molecule has 1 atom stereocenters. The minimum absolute atomic E-state index is 0.0774. The normalized spacial score (nSPS) is 22.4. The first-order valence-corrected chi connectivity index (χ1v) is 8.21. The number of ether oxygens (including phenoxy) is 1. The number of amides is 3. The Kier molecular flexibility index (Phi) is 4.04. The highest BCUT2D eigenvalue weighted by Gasteiger charge is 2.50. The topological polar surface area (TPSA) is 58.6 Å². The summed E-state index contributed by atoms with van der Waals surface area (Å²) in [5.74, 6) is 1.11. The second-order valence-corrected chi connectivity index (χ2v) is 7.06. The average molecular weight is 316 g/mol. The molecule has 1 aromatic carbocycles. The number of benzene rings is 1. The second kappa shape index (κ2) is 5.87. The lowest BCUT2D eigenvalue weighted by Crippen LogP contribution is -2.38. The third-order valence-electron chi connectivity index (χ3n) is 4.83. The van der Waals surface area contributed by atoms with Crippen LogP contribution in [0.1, 0.15) is 38.7 Å². The minimum Gasteiger partial charge on any atom is -0.497 e. The molecule has 1 aliphatic heterocycles. The standard InChI is InChI=1S/C18H24N2O3/c1-12(2)10-15-16(21)20(17(22)19-15)11-18(8-9-18)13-4-6-14(23-3)7-5-13/h4-7,12,15H,8-11H2,1-3H3,(H,19,22)/t15-/m0/s1. The Labute approximate surface area is 137 Å². The molecule has 1 heterocycles. The highest BCUT2D eigenvalue weighted by Crippen LogP contribution is 2.49. The molecule has 1 N–H and O–H groups in total. The van der Waals surface area contributed by atoms with Gasteiger partial charge in [-0.05, 0) is 42.9 Å². The van der Waals surface area contributed by atoms with E-state index >= 15 is 0 Å². The zero-order valence-corrected chi connectivity index (χ0v) is 14.0. The first-order chi connectivity index (χ1) is 10.9. The zero-order chi connectivity index (χ0) is 16.6. The molecular weight excluding hydrogens is 292 g/mol. The van der Waals surface area contributed by atoms with E-state index in [0.717, 1.165) is 18.6 Å². The van der Waals surface area contributed by atoms with Crippen LogP contribution < -0.4 is 10.1 Å². The van der Waals surface area contributed by atoms with Gasteiger partial charge in [0.2, 0.25) is 0 Å². The Hall–Kier alpha value is -2.04. The number of carbonyl (C=O) groups excluding carboxylic acids is 2. The lowest BCUT2D eigenvalue weighted by Gasteiger charge is -2.22. The van der Waals surface area contributed by atoms with Crippen molar-refractivity contribution in [3.63, 3.8) is 0 Å². The molecule has 5 heteroatoms. The van der Waals surface area contributed by atoms with E-state index in [4.69, 9.17) is 4.74 Å². The smallest absolute Gasteiger partial charge is 0.324 e. The summed E-state index contributed by atoms with van der Waals surface area (Å²) in [4.78, 5) is 26.1. The van der Waals surface area contributed by atoms with Gasteiger partial charge in [0.05, 0.1) is 7.11 Å². The molecule has 2 fully saturated rings. The molecule has 0 radical (unpaired) electrons. The van der Waals surface area contributed by atoms with Gasteiger partial charge in [0.15, 0.2) is 0 Å². The van der Waals surface area contributed by atoms with Crippen LogP contribution in [-0.4, -0.2) is 36.5 Å².